The zero-order valence-electron chi connectivity index (χ0n) is 17.8. The van der Waals surface area contributed by atoms with Gasteiger partial charge in [0.15, 0.2) is 17.5 Å². The molecule has 2 aromatic carbocycles. The Morgan fingerprint density at radius 2 is 1.66 bits per heavy atom. The van der Waals surface area contributed by atoms with Gasteiger partial charge in [0.2, 0.25) is 5.75 Å². The molecule has 0 bridgehead atoms. The Bertz CT molecular complexity index is 769. The molecule has 0 aliphatic heterocycles. The molecule has 0 saturated carbocycles. The molecule has 0 spiro atoms. The maximum atomic E-state index is 5.54. The summed E-state index contributed by atoms with van der Waals surface area (Å²) in [4.78, 5) is 4.33. The number of benzene rings is 2. The van der Waals surface area contributed by atoms with Gasteiger partial charge in [-0.15, -0.1) is 24.0 Å². The van der Waals surface area contributed by atoms with E-state index in [0.717, 1.165) is 24.4 Å². The van der Waals surface area contributed by atoms with E-state index in [0.29, 0.717) is 29.8 Å². The van der Waals surface area contributed by atoms with E-state index in [1.54, 1.807) is 28.4 Å². The number of hydrogen-bond donors (Lipinski definition) is 2. The van der Waals surface area contributed by atoms with Crippen LogP contribution in [0.15, 0.2) is 47.5 Å². The molecule has 2 aromatic rings. The van der Waals surface area contributed by atoms with Crippen LogP contribution in [0.4, 0.5) is 0 Å². The summed E-state index contributed by atoms with van der Waals surface area (Å²) in [6.07, 6.45) is 2.04. The zero-order valence-corrected chi connectivity index (χ0v) is 20.2. The van der Waals surface area contributed by atoms with Crippen molar-refractivity contribution in [2.45, 2.75) is 32.4 Å². The predicted octanol–water partition coefficient (Wildman–Crippen LogP) is 4.02. The van der Waals surface area contributed by atoms with Gasteiger partial charge in [0.1, 0.15) is 0 Å². The van der Waals surface area contributed by atoms with E-state index in [-0.39, 0.29) is 24.0 Å². The summed E-state index contributed by atoms with van der Waals surface area (Å²) in [5.41, 5.74) is 2.30. The normalized spacial score (nSPS) is 11.8. The quantitative estimate of drug-likeness (QED) is 0.302. The smallest absolute Gasteiger partial charge is 0.203 e. The van der Waals surface area contributed by atoms with E-state index >= 15 is 0 Å². The van der Waals surface area contributed by atoms with Crippen LogP contribution >= 0.6 is 24.0 Å². The van der Waals surface area contributed by atoms with E-state index in [1.165, 1.54) is 5.56 Å². The van der Waals surface area contributed by atoms with Gasteiger partial charge in [0, 0.05) is 25.2 Å². The van der Waals surface area contributed by atoms with Gasteiger partial charge in [0.05, 0.1) is 21.3 Å². The predicted molar refractivity (Wildman–Crippen MR) is 129 cm³/mol. The van der Waals surface area contributed by atoms with Crippen LogP contribution < -0.4 is 24.8 Å². The van der Waals surface area contributed by atoms with Crippen molar-refractivity contribution in [1.82, 2.24) is 10.6 Å². The minimum Gasteiger partial charge on any atom is -0.493 e. The molecule has 0 aromatic heterocycles. The van der Waals surface area contributed by atoms with Crippen molar-refractivity contribution in [1.29, 1.82) is 0 Å². The second kappa shape index (κ2) is 13.1. The Kier molecular flexibility index (Phi) is 11.3. The number of aliphatic imine (C=N–C) groups is 1. The van der Waals surface area contributed by atoms with Crippen molar-refractivity contribution in [3.05, 3.63) is 53.6 Å². The molecule has 0 heterocycles. The maximum absolute atomic E-state index is 5.54. The first-order valence-corrected chi connectivity index (χ1v) is 9.41. The molecule has 0 fully saturated rings. The highest BCUT2D eigenvalue weighted by Gasteiger charge is 2.16. The standard InChI is InChI=1S/C22H31N3O3.HI/c1-16(11-12-17-9-7-6-8-10-17)25-22(23-2)24-15-18-13-14-19(26-3)21(28-5)20(18)27-4;/h6-10,13-14,16H,11-12,15H2,1-5H3,(H2,23,24,25);1H. The second-order valence-electron chi connectivity index (χ2n) is 6.49. The summed E-state index contributed by atoms with van der Waals surface area (Å²) in [6, 6.07) is 14.6. The van der Waals surface area contributed by atoms with Crippen molar-refractivity contribution < 1.29 is 14.2 Å². The summed E-state index contributed by atoms with van der Waals surface area (Å²) in [6.45, 7) is 2.71. The molecule has 6 nitrogen and oxygen atoms in total. The highest BCUT2D eigenvalue weighted by molar-refractivity contribution is 14.0. The van der Waals surface area contributed by atoms with Crippen LogP contribution in [0, 0.1) is 0 Å². The number of ether oxygens (including phenoxy) is 3. The Morgan fingerprint density at radius 3 is 2.24 bits per heavy atom. The van der Waals surface area contributed by atoms with Crippen molar-refractivity contribution in [2.75, 3.05) is 28.4 Å². The number of rotatable bonds is 9. The van der Waals surface area contributed by atoms with Crippen molar-refractivity contribution in [2.24, 2.45) is 4.99 Å². The van der Waals surface area contributed by atoms with Crippen LogP contribution in [0.3, 0.4) is 0 Å². The molecular formula is C22H32IN3O3. The summed E-state index contributed by atoms with van der Waals surface area (Å²) in [5.74, 6) is 2.63. The minimum absolute atomic E-state index is 0. The van der Waals surface area contributed by atoms with Gasteiger partial charge in [-0.1, -0.05) is 30.3 Å². The second-order valence-corrected chi connectivity index (χ2v) is 6.49. The first-order chi connectivity index (χ1) is 13.6. The number of methoxy groups -OCH3 is 3. The van der Waals surface area contributed by atoms with E-state index < -0.39 is 0 Å². The number of guanidine groups is 1. The lowest BCUT2D eigenvalue weighted by Crippen LogP contribution is -2.42. The molecule has 2 N–H and O–H groups in total. The van der Waals surface area contributed by atoms with Crippen LogP contribution in [0.2, 0.25) is 0 Å². The third-order valence-corrected chi connectivity index (χ3v) is 4.55. The molecule has 0 radical (unpaired) electrons. The van der Waals surface area contributed by atoms with Gasteiger partial charge in [-0.25, -0.2) is 0 Å². The van der Waals surface area contributed by atoms with Gasteiger partial charge in [-0.3, -0.25) is 4.99 Å². The largest absolute Gasteiger partial charge is 0.493 e. The number of nitrogens with zero attached hydrogens (tertiary/aromatic N) is 1. The summed E-state index contributed by atoms with van der Waals surface area (Å²) in [7, 11) is 6.61. The lowest BCUT2D eigenvalue weighted by molar-refractivity contribution is 0.322. The Morgan fingerprint density at radius 1 is 0.966 bits per heavy atom. The molecule has 0 aliphatic rings. The van der Waals surface area contributed by atoms with E-state index in [1.807, 2.05) is 18.2 Å². The number of hydrogen-bond acceptors (Lipinski definition) is 4. The number of nitrogens with one attached hydrogen (secondary N) is 2. The summed E-state index contributed by atoms with van der Waals surface area (Å²) < 4.78 is 16.3. The first-order valence-electron chi connectivity index (χ1n) is 9.41. The van der Waals surface area contributed by atoms with Crippen molar-refractivity contribution >= 4 is 29.9 Å². The average Bonchev–Trinajstić information content (AvgIpc) is 2.74. The summed E-state index contributed by atoms with van der Waals surface area (Å²) >= 11 is 0. The van der Waals surface area contributed by atoms with Crippen LogP contribution in [0.5, 0.6) is 17.2 Å². The summed E-state index contributed by atoms with van der Waals surface area (Å²) in [5, 5.41) is 6.78. The highest BCUT2D eigenvalue weighted by atomic mass is 127. The van der Waals surface area contributed by atoms with Crippen LogP contribution in [0.1, 0.15) is 24.5 Å². The van der Waals surface area contributed by atoms with E-state index in [2.05, 4.69) is 46.8 Å². The molecule has 0 saturated heterocycles. The maximum Gasteiger partial charge on any atom is 0.203 e. The Balaban J connectivity index is 0.00000420. The number of halogens is 1. The number of aryl methyl sites for hydroxylation is 1. The average molecular weight is 513 g/mol. The van der Waals surface area contributed by atoms with Gasteiger partial charge >= 0.3 is 0 Å². The van der Waals surface area contributed by atoms with Crippen molar-refractivity contribution in [3.63, 3.8) is 0 Å². The lowest BCUT2D eigenvalue weighted by Gasteiger charge is -2.20. The zero-order chi connectivity index (χ0) is 20.4. The van der Waals surface area contributed by atoms with Gasteiger partial charge in [0.25, 0.3) is 0 Å². The molecule has 1 unspecified atom stereocenters. The van der Waals surface area contributed by atoms with Crippen molar-refractivity contribution in [3.8, 4) is 17.2 Å². The van der Waals surface area contributed by atoms with Crippen LogP contribution in [-0.2, 0) is 13.0 Å². The molecule has 7 heteroatoms. The Hall–Kier alpha value is -2.16. The molecule has 2 rings (SSSR count). The van der Waals surface area contributed by atoms with E-state index in [9.17, 15) is 0 Å². The molecule has 160 valence electrons. The molecule has 1 atom stereocenters. The van der Waals surface area contributed by atoms with Gasteiger partial charge in [-0.05, 0) is 37.5 Å². The SMILES string of the molecule is CN=C(NCc1ccc(OC)c(OC)c1OC)NC(C)CCc1ccccc1.I. The van der Waals surface area contributed by atoms with Gasteiger partial charge < -0.3 is 24.8 Å². The van der Waals surface area contributed by atoms with Gasteiger partial charge in [-0.2, -0.15) is 0 Å². The fourth-order valence-corrected chi connectivity index (χ4v) is 3.01. The third kappa shape index (κ3) is 7.30. The fourth-order valence-electron chi connectivity index (χ4n) is 3.01. The highest BCUT2D eigenvalue weighted by Crippen LogP contribution is 2.39. The van der Waals surface area contributed by atoms with E-state index in [4.69, 9.17) is 14.2 Å². The molecular weight excluding hydrogens is 481 g/mol. The third-order valence-electron chi connectivity index (χ3n) is 4.55. The fraction of sp³-hybridized carbons (Fsp3) is 0.409. The minimum atomic E-state index is 0. The lowest BCUT2D eigenvalue weighted by atomic mass is 10.1. The van der Waals surface area contributed by atoms with Crippen LogP contribution in [0.25, 0.3) is 0 Å². The van der Waals surface area contributed by atoms with Crippen LogP contribution in [-0.4, -0.2) is 40.4 Å². The molecule has 0 aliphatic carbocycles. The molecule has 29 heavy (non-hydrogen) atoms. The molecule has 0 amide bonds. The monoisotopic (exact) mass is 513 g/mol. The Labute approximate surface area is 191 Å². The topological polar surface area (TPSA) is 64.1 Å². The first kappa shape index (κ1) is 24.9.